The minimum Gasteiger partial charge on any atom is -0.338 e. The topological polar surface area (TPSA) is 68.1 Å². The molecule has 1 amide bonds. The van der Waals surface area contributed by atoms with Crippen LogP contribution in [0.1, 0.15) is 52.7 Å². The summed E-state index contributed by atoms with van der Waals surface area (Å²) in [5.41, 5.74) is 2.01. The molecule has 0 N–H and O–H groups in total. The maximum absolute atomic E-state index is 12.9. The van der Waals surface area contributed by atoms with Crippen molar-refractivity contribution in [2.24, 2.45) is 5.92 Å². The smallest absolute Gasteiger partial charge is 0.257 e. The van der Waals surface area contributed by atoms with Crippen LogP contribution in [0, 0.1) is 12.8 Å². The van der Waals surface area contributed by atoms with E-state index < -0.39 is 0 Å². The molecule has 1 saturated heterocycles. The van der Waals surface area contributed by atoms with Crippen LogP contribution in [-0.4, -0.2) is 44.4 Å². The van der Waals surface area contributed by atoms with Crippen LogP contribution in [0.2, 0.25) is 0 Å². The molecule has 6 nitrogen and oxygen atoms in total. The number of ketones is 1. The summed E-state index contributed by atoms with van der Waals surface area (Å²) in [6, 6.07) is 5.35. The van der Waals surface area contributed by atoms with E-state index in [-0.39, 0.29) is 17.6 Å². The Labute approximate surface area is 147 Å². The molecule has 6 heteroatoms. The molecule has 1 atom stereocenters. The highest BCUT2D eigenvalue weighted by Crippen LogP contribution is 2.22. The van der Waals surface area contributed by atoms with Crippen molar-refractivity contribution < 1.29 is 9.59 Å². The van der Waals surface area contributed by atoms with Gasteiger partial charge in [-0.25, -0.2) is 0 Å². The largest absolute Gasteiger partial charge is 0.338 e. The van der Waals surface area contributed by atoms with Gasteiger partial charge in [-0.15, -0.1) is 0 Å². The number of piperidine rings is 1. The Hall–Kier alpha value is -2.50. The molecule has 3 heterocycles. The molecule has 0 spiro atoms. The van der Waals surface area contributed by atoms with E-state index >= 15 is 0 Å². The molecule has 3 rings (SSSR count). The van der Waals surface area contributed by atoms with E-state index in [1.54, 1.807) is 29.4 Å². The molecule has 0 aliphatic carbocycles. The van der Waals surface area contributed by atoms with Gasteiger partial charge in [0.25, 0.3) is 5.91 Å². The molecule has 2 aromatic heterocycles. The SMILES string of the molecule is CCCn1ncc(C(=O)N2CCC[C@H](C(=O)c3ccccn3)C2)c1C. The number of pyridine rings is 1. The van der Waals surface area contributed by atoms with E-state index in [9.17, 15) is 9.59 Å². The van der Waals surface area contributed by atoms with Crippen molar-refractivity contribution in [1.82, 2.24) is 19.7 Å². The first-order valence-electron chi connectivity index (χ1n) is 8.88. The predicted molar refractivity (Wildman–Crippen MR) is 94.5 cm³/mol. The van der Waals surface area contributed by atoms with Crippen molar-refractivity contribution in [2.75, 3.05) is 13.1 Å². The van der Waals surface area contributed by atoms with Crippen molar-refractivity contribution in [2.45, 2.75) is 39.7 Å². The third-order valence-corrected chi connectivity index (χ3v) is 4.77. The Morgan fingerprint density at radius 3 is 2.88 bits per heavy atom. The fourth-order valence-corrected chi connectivity index (χ4v) is 3.36. The lowest BCUT2D eigenvalue weighted by molar-refractivity contribution is 0.0634. The maximum atomic E-state index is 12.9. The number of aromatic nitrogens is 3. The second-order valence-electron chi connectivity index (χ2n) is 6.54. The molecule has 0 radical (unpaired) electrons. The van der Waals surface area contributed by atoms with Gasteiger partial charge in [0, 0.05) is 37.4 Å². The van der Waals surface area contributed by atoms with E-state index in [4.69, 9.17) is 0 Å². The second kappa shape index (κ2) is 7.59. The lowest BCUT2D eigenvalue weighted by Gasteiger charge is -2.31. The third-order valence-electron chi connectivity index (χ3n) is 4.77. The summed E-state index contributed by atoms with van der Waals surface area (Å²) in [6.45, 7) is 5.95. The molecule has 0 saturated carbocycles. The lowest BCUT2D eigenvalue weighted by Crippen LogP contribution is -2.42. The number of nitrogens with zero attached hydrogens (tertiary/aromatic N) is 4. The van der Waals surface area contributed by atoms with Gasteiger partial charge in [0.05, 0.1) is 11.8 Å². The molecule has 0 aromatic carbocycles. The third kappa shape index (κ3) is 3.62. The Balaban J connectivity index is 1.73. The highest BCUT2D eigenvalue weighted by atomic mass is 16.2. The molecular weight excluding hydrogens is 316 g/mol. The number of carbonyl (C=O) groups is 2. The van der Waals surface area contributed by atoms with E-state index in [0.29, 0.717) is 24.3 Å². The quantitative estimate of drug-likeness (QED) is 0.785. The van der Waals surface area contributed by atoms with Gasteiger partial charge in [-0.05, 0) is 38.3 Å². The number of carbonyl (C=O) groups excluding carboxylic acids is 2. The number of hydrogen-bond donors (Lipinski definition) is 0. The first-order valence-corrected chi connectivity index (χ1v) is 8.88. The van der Waals surface area contributed by atoms with Crippen LogP contribution in [-0.2, 0) is 6.54 Å². The van der Waals surface area contributed by atoms with Crippen LogP contribution < -0.4 is 0 Å². The van der Waals surface area contributed by atoms with Crippen LogP contribution >= 0.6 is 0 Å². The summed E-state index contributed by atoms with van der Waals surface area (Å²) in [4.78, 5) is 31.5. The summed E-state index contributed by atoms with van der Waals surface area (Å²) in [6.07, 6.45) is 5.88. The Morgan fingerprint density at radius 1 is 1.32 bits per heavy atom. The average Bonchev–Trinajstić information content (AvgIpc) is 3.02. The van der Waals surface area contributed by atoms with Crippen LogP contribution in [0.25, 0.3) is 0 Å². The summed E-state index contributed by atoms with van der Waals surface area (Å²) >= 11 is 0. The second-order valence-corrected chi connectivity index (χ2v) is 6.54. The molecular formula is C19H24N4O2. The van der Waals surface area contributed by atoms with Crippen LogP contribution in [0.4, 0.5) is 0 Å². The summed E-state index contributed by atoms with van der Waals surface area (Å²) in [5.74, 6) is -0.187. The molecule has 0 unspecified atom stereocenters. The molecule has 132 valence electrons. The average molecular weight is 340 g/mol. The van der Waals surface area contributed by atoms with Gasteiger partial charge in [-0.2, -0.15) is 5.10 Å². The zero-order chi connectivity index (χ0) is 17.8. The van der Waals surface area contributed by atoms with Crippen molar-refractivity contribution >= 4 is 11.7 Å². The minimum atomic E-state index is -0.182. The molecule has 25 heavy (non-hydrogen) atoms. The first kappa shape index (κ1) is 17.3. The van der Waals surface area contributed by atoms with Gasteiger partial charge in [-0.1, -0.05) is 13.0 Å². The summed E-state index contributed by atoms with van der Waals surface area (Å²) in [5, 5.41) is 4.32. The highest BCUT2D eigenvalue weighted by molar-refractivity contribution is 5.98. The summed E-state index contributed by atoms with van der Waals surface area (Å²) < 4.78 is 1.87. The molecule has 1 aliphatic heterocycles. The standard InChI is InChI=1S/C19H24N4O2/c1-3-10-23-14(2)16(12-21-23)19(25)22-11-6-7-15(13-22)18(24)17-8-4-5-9-20-17/h4-5,8-9,12,15H,3,6-7,10-11,13H2,1-2H3/t15-/m0/s1. The first-order chi connectivity index (χ1) is 12.1. The van der Waals surface area contributed by atoms with Crippen LogP contribution in [0.15, 0.2) is 30.6 Å². The zero-order valence-corrected chi connectivity index (χ0v) is 14.8. The number of hydrogen-bond acceptors (Lipinski definition) is 4. The van der Waals surface area contributed by atoms with E-state index in [2.05, 4.69) is 17.0 Å². The molecule has 0 bridgehead atoms. The number of Topliss-reactive ketones (excluding diaryl/α,β-unsaturated/α-hetero) is 1. The monoisotopic (exact) mass is 340 g/mol. The molecule has 2 aromatic rings. The number of amides is 1. The number of rotatable bonds is 5. The van der Waals surface area contributed by atoms with Crippen LogP contribution in [0.5, 0.6) is 0 Å². The van der Waals surface area contributed by atoms with Gasteiger partial charge in [-0.3, -0.25) is 19.3 Å². The number of aryl methyl sites for hydroxylation is 1. The fraction of sp³-hybridized carbons (Fsp3) is 0.474. The normalized spacial score (nSPS) is 17.5. The number of likely N-dealkylation sites (tertiary alicyclic amines) is 1. The highest BCUT2D eigenvalue weighted by Gasteiger charge is 2.31. The predicted octanol–water partition coefficient (Wildman–Crippen LogP) is 2.73. The van der Waals surface area contributed by atoms with E-state index in [0.717, 1.165) is 31.5 Å². The van der Waals surface area contributed by atoms with Gasteiger partial charge in [0.2, 0.25) is 0 Å². The Bertz CT molecular complexity index is 754. The van der Waals surface area contributed by atoms with Crippen molar-refractivity contribution in [1.29, 1.82) is 0 Å². The van der Waals surface area contributed by atoms with Crippen molar-refractivity contribution in [3.63, 3.8) is 0 Å². The minimum absolute atomic E-state index is 0.0245. The van der Waals surface area contributed by atoms with Crippen LogP contribution in [0.3, 0.4) is 0 Å². The fourth-order valence-electron chi connectivity index (χ4n) is 3.36. The Kier molecular flexibility index (Phi) is 5.26. The summed E-state index contributed by atoms with van der Waals surface area (Å²) in [7, 11) is 0. The van der Waals surface area contributed by atoms with Gasteiger partial charge < -0.3 is 4.90 Å². The van der Waals surface area contributed by atoms with Gasteiger partial charge >= 0.3 is 0 Å². The molecule has 1 fully saturated rings. The van der Waals surface area contributed by atoms with Gasteiger partial charge in [0.1, 0.15) is 5.69 Å². The van der Waals surface area contributed by atoms with E-state index in [1.165, 1.54) is 0 Å². The lowest BCUT2D eigenvalue weighted by atomic mass is 9.91. The maximum Gasteiger partial charge on any atom is 0.257 e. The Morgan fingerprint density at radius 2 is 2.16 bits per heavy atom. The van der Waals surface area contributed by atoms with Crippen molar-refractivity contribution in [3.05, 3.63) is 47.5 Å². The zero-order valence-electron chi connectivity index (χ0n) is 14.8. The van der Waals surface area contributed by atoms with E-state index in [1.807, 2.05) is 17.7 Å². The van der Waals surface area contributed by atoms with Crippen molar-refractivity contribution in [3.8, 4) is 0 Å². The molecule has 1 aliphatic rings. The van der Waals surface area contributed by atoms with Gasteiger partial charge in [0.15, 0.2) is 5.78 Å².